The number of nitrogens with zero attached hydrogens (tertiary/aromatic N) is 1. The molecule has 0 amide bonds. The van der Waals surface area contributed by atoms with E-state index in [9.17, 15) is 13.6 Å². The molecule has 0 saturated heterocycles. The molecule has 0 radical (unpaired) electrons. The minimum Gasteiger partial charge on any atom is -0.211 e. The van der Waals surface area contributed by atoms with Crippen LogP contribution in [0.2, 0.25) is 0 Å². The van der Waals surface area contributed by atoms with Gasteiger partial charge in [-0.05, 0) is 23.8 Å². The highest BCUT2D eigenvalue weighted by Gasteiger charge is 2.10. The SMILES string of the molecule is O=C=NCc1ccc(F)c(-c2ccccc2F)c1. The van der Waals surface area contributed by atoms with Gasteiger partial charge in [0.2, 0.25) is 6.08 Å². The lowest BCUT2D eigenvalue weighted by atomic mass is 10.0. The van der Waals surface area contributed by atoms with Crippen LogP contribution in [0.5, 0.6) is 0 Å². The third-order valence-corrected chi connectivity index (χ3v) is 2.52. The van der Waals surface area contributed by atoms with Crippen LogP contribution in [0.15, 0.2) is 47.5 Å². The summed E-state index contributed by atoms with van der Waals surface area (Å²) >= 11 is 0. The van der Waals surface area contributed by atoms with E-state index in [1.165, 1.54) is 42.5 Å². The van der Waals surface area contributed by atoms with Crippen molar-refractivity contribution in [1.29, 1.82) is 0 Å². The van der Waals surface area contributed by atoms with E-state index in [4.69, 9.17) is 0 Å². The first-order chi connectivity index (χ1) is 8.72. The molecule has 4 heteroatoms. The number of hydrogen-bond acceptors (Lipinski definition) is 2. The van der Waals surface area contributed by atoms with Crippen molar-refractivity contribution in [3.05, 3.63) is 59.7 Å². The maximum Gasteiger partial charge on any atom is 0.235 e. The predicted molar refractivity (Wildman–Crippen MR) is 63.6 cm³/mol. The topological polar surface area (TPSA) is 29.4 Å². The molecule has 2 aromatic carbocycles. The van der Waals surface area contributed by atoms with Crippen LogP contribution >= 0.6 is 0 Å². The fraction of sp³-hybridized carbons (Fsp3) is 0.0714. The number of aliphatic imine (C=N–C) groups is 1. The van der Waals surface area contributed by atoms with Crippen molar-refractivity contribution in [2.24, 2.45) is 4.99 Å². The summed E-state index contributed by atoms with van der Waals surface area (Å²) in [6.45, 7) is 0.102. The maximum absolute atomic E-state index is 13.7. The lowest BCUT2D eigenvalue weighted by molar-refractivity contribution is 0.562. The summed E-state index contributed by atoms with van der Waals surface area (Å²) in [6.07, 6.45) is 1.41. The van der Waals surface area contributed by atoms with Crippen LogP contribution < -0.4 is 0 Å². The lowest BCUT2D eigenvalue weighted by Gasteiger charge is -2.06. The minimum absolute atomic E-state index is 0.102. The zero-order valence-electron chi connectivity index (χ0n) is 9.36. The van der Waals surface area contributed by atoms with E-state index in [1.54, 1.807) is 6.07 Å². The second-order valence-corrected chi connectivity index (χ2v) is 3.70. The van der Waals surface area contributed by atoms with E-state index in [0.717, 1.165) is 0 Å². The van der Waals surface area contributed by atoms with Crippen molar-refractivity contribution in [2.75, 3.05) is 0 Å². The van der Waals surface area contributed by atoms with Gasteiger partial charge in [-0.15, -0.1) is 0 Å². The zero-order chi connectivity index (χ0) is 13.0. The highest BCUT2D eigenvalue weighted by Crippen LogP contribution is 2.26. The summed E-state index contributed by atoms with van der Waals surface area (Å²) in [5.74, 6) is -1.01. The number of isocyanates is 1. The molecular formula is C14H9F2NO. The molecule has 0 bridgehead atoms. The number of benzene rings is 2. The highest BCUT2D eigenvalue weighted by molar-refractivity contribution is 5.65. The van der Waals surface area contributed by atoms with Crippen molar-refractivity contribution < 1.29 is 13.6 Å². The van der Waals surface area contributed by atoms with Crippen molar-refractivity contribution in [3.8, 4) is 11.1 Å². The van der Waals surface area contributed by atoms with Crippen LogP contribution in [0, 0.1) is 11.6 Å². The van der Waals surface area contributed by atoms with Gasteiger partial charge in [-0.25, -0.2) is 18.6 Å². The summed E-state index contributed by atoms with van der Waals surface area (Å²) < 4.78 is 27.3. The van der Waals surface area contributed by atoms with Gasteiger partial charge in [-0.1, -0.05) is 24.3 Å². The summed E-state index contributed by atoms with van der Waals surface area (Å²) in [5, 5.41) is 0. The lowest BCUT2D eigenvalue weighted by Crippen LogP contribution is -1.91. The zero-order valence-corrected chi connectivity index (χ0v) is 9.36. The molecule has 2 rings (SSSR count). The van der Waals surface area contributed by atoms with Crippen molar-refractivity contribution >= 4 is 6.08 Å². The Kier molecular flexibility index (Phi) is 3.60. The monoisotopic (exact) mass is 245 g/mol. The molecular weight excluding hydrogens is 236 g/mol. The Morgan fingerprint density at radius 3 is 2.44 bits per heavy atom. The van der Waals surface area contributed by atoms with Crippen LogP contribution in [-0.2, 0) is 11.3 Å². The average molecular weight is 245 g/mol. The second kappa shape index (κ2) is 5.34. The molecule has 0 atom stereocenters. The van der Waals surface area contributed by atoms with Gasteiger partial charge in [0.1, 0.15) is 11.6 Å². The Morgan fingerprint density at radius 2 is 1.72 bits per heavy atom. The molecule has 0 heterocycles. The largest absolute Gasteiger partial charge is 0.235 e. The van der Waals surface area contributed by atoms with Gasteiger partial charge >= 0.3 is 0 Å². The van der Waals surface area contributed by atoms with Gasteiger partial charge in [0, 0.05) is 11.1 Å². The second-order valence-electron chi connectivity index (χ2n) is 3.70. The van der Waals surface area contributed by atoms with Crippen LogP contribution in [0.25, 0.3) is 11.1 Å². The number of hydrogen-bond donors (Lipinski definition) is 0. The minimum atomic E-state index is -0.515. The highest BCUT2D eigenvalue weighted by atomic mass is 19.1. The first-order valence-electron chi connectivity index (χ1n) is 5.29. The molecule has 0 aliphatic heterocycles. The van der Waals surface area contributed by atoms with E-state index in [2.05, 4.69) is 4.99 Å². The molecule has 0 aromatic heterocycles. The van der Waals surface area contributed by atoms with E-state index >= 15 is 0 Å². The molecule has 2 aromatic rings. The molecule has 0 saturated carbocycles. The number of carbonyl (C=O) groups excluding carboxylic acids is 1. The molecule has 0 aliphatic carbocycles. The maximum atomic E-state index is 13.7. The Balaban J connectivity index is 2.50. The summed E-state index contributed by atoms with van der Waals surface area (Å²) in [4.78, 5) is 13.4. The van der Waals surface area contributed by atoms with Crippen molar-refractivity contribution in [1.82, 2.24) is 0 Å². The summed E-state index contributed by atoms with van der Waals surface area (Å²) in [6, 6.07) is 10.2. The Bertz CT molecular complexity index is 619. The molecule has 0 fully saturated rings. The van der Waals surface area contributed by atoms with Gasteiger partial charge < -0.3 is 0 Å². The smallest absolute Gasteiger partial charge is 0.211 e. The quantitative estimate of drug-likeness (QED) is 0.601. The van der Waals surface area contributed by atoms with E-state index in [0.29, 0.717) is 5.56 Å². The van der Waals surface area contributed by atoms with Gasteiger partial charge in [0.15, 0.2) is 0 Å². The van der Waals surface area contributed by atoms with E-state index < -0.39 is 11.6 Å². The normalized spacial score (nSPS) is 9.89. The van der Waals surface area contributed by atoms with Crippen molar-refractivity contribution in [3.63, 3.8) is 0 Å². The molecule has 0 aliphatic rings. The molecule has 90 valence electrons. The van der Waals surface area contributed by atoms with E-state index in [1.807, 2.05) is 0 Å². The van der Waals surface area contributed by atoms with Crippen LogP contribution in [0.1, 0.15) is 5.56 Å². The molecule has 18 heavy (non-hydrogen) atoms. The van der Waals surface area contributed by atoms with Gasteiger partial charge in [0.25, 0.3) is 0 Å². The Labute approximate surface area is 103 Å². The molecule has 0 spiro atoms. The molecule has 0 N–H and O–H groups in total. The third kappa shape index (κ3) is 2.50. The third-order valence-electron chi connectivity index (χ3n) is 2.52. The molecule has 0 unspecified atom stereocenters. The van der Waals surface area contributed by atoms with Crippen molar-refractivity contribution in [2.45, 2.75) is 6.54 Å². The average Bonchev–Trinajstić information content (AvgIpc) is 2.39. The summed E-state index contributed by atoms with van der Waals surface area (Å²) in [7, 11) is 0. The Morgan fingerprint density at radius 1 is 1.00 bits per heavy atom. The standard InChI is InChI=1S/C14H9F2NO/c15-13-4-2-1-3-11(13)12-7-10(8-17-9-18)5-6-14(12)16/h1-7H,8H2. The summed E-state index contributed by atoms with van der Waals surface area (Å²) in [5.41, 5.74) is 0.969. The first kappa shape index (κ1) is 12.1. The van der Waals surface area contributed by atoms with Crippen LogP contribution in [0.4, 0.5) is 8.78 Å². The van der Waals surface area contributed by atoms with Gasteiger partial charge in [-0.3, -0.25) is 0 Å². The fourth-order valence-corrected chi connectivity index (χ4v) is 1.68. The van der Waals surface area contributed by atoms with Crippen LogP contribution in [-0.4, -0.2) is 6.08 Å². The molecule has 2 nitrogen and oxygen atoms in total. The predicted octanol–water partition coefficient (Wildman–Crippen LogP) is 3.47. The first-order valence-corrected chi connectivity index (χ1v) is 5.29. The van der Waals surface area contributed by atoms with Gasteiger partial charge in [0.05, 0.1) is 6.54 Å². The fourth-order valence-electron chi connectivity index (χ4n) is 1.68. The Hall–Kier alpha value is -2.32. The number of rotatable bonds is 3. The van der Waals surface area contributed by atoms with E-state index in [-0.39, 0.29) is 17.7 Å². The van der Waals surface area contributed by atoms with Crippen LogP contribution in [0.3, 0.4) is 0 Å². The number of halogens is 2. The van der Waals surface area contributed by atoms with Gasteiger partial charge in [-0.2, -0.15) is 0 Å².